The number of ether oxygens (including phenoxy) is 1. The van der Waals surface area contributed by atoms with E-state index in [1.165, 1.54) is 6.26 Å². The summed E-state index contributed by atoms with van der Waals surface area (Å²) in [7, 11) is -3.20. The van der Waals surface area contributed by atoms with Crippen LogP contribution < -0.4 is 16.0 Å². The molecule has 0 bridgehead atoms. The van der Waals surface area contributed by atoms with Crippen LogP contribution in [0.2, 0.25) is 0 Å². The summed E-state index contributed by atoms with van der Waals surface area (Å²) in [5.41, 5.74) is 3.22. The van der Waals surface area contributed by atoms with Crippen molar-refractivity contribution in [3.05, 3.63) is 24.0 Å². The molecule has 0 saturated carbocycles. The van der Waals surface area contributed by atoms with Crippen molar-refractivity contribution in [3.63, 3.8) is 0 Å². The fraction of sp³-hybridized carbons (Fsp3) is 0.583. The summed E-state index contributed by atoms with van der Waals surface area (Å²) in [6, 6.07) is 1.24. The topological polar surface area (TPSA) is 94.3 Å². The molecule has 0 aliphatic rings. The van der Waals surface area contributed by atoms with Crippen molar-refractivity contribution in [1.29, 1.82) is 0 Å². The Labute approximate surface area is 114 Å². The quantitative estimate of drug-likeness (QED) is 0.569. The number of rotatable bonds is 7. The molecule has 1 rings (SSSR count). The maximum atomic E-state index is 11.6. The van der Waals surface area contributed by atoms with E-state index in [9.17, 15) is 8.42 Å². The summed E-state index contributed by atoms with van der Waals surface area (Å²) in [6.45, 7) is 4.21. The first kappa shape index (κ1) is 15.9. The van der Waals surface area contributed by atoms with Crippen LogP contribution in [0.5, 0.6) is 5.75 Å². The van der Waals surface area contributed by atoms with E-state index in [4.69, 9.17) is 10.6 Å². The van der Waals surface area contributed by atoms with Gasteiger partial charge in [0.2, 0.25) is 0 Å². The van der Waals surface area contributed by atoms with Crippen LogP contribution in [0.3, 0.4) is 0 Å². The van der Waals surface area contributed by atoms with Gasteiger partial charge >= 0.3 is 0 Å². The first-order chi connectivity index (χ1) is 8.90. The lowest BCUT2D eigenvalue weighted by Crippen LogP contribution is -2.38. The van der Waals surface area contributed by atoms with E-state index in [2.05, 4.69) is 10.4 Å². The van der Waals surface area contributed by atoms with E-state index < -0.39 is 21.1 Å². The Kier molecular flexibility index (Phi) is 5.71. The molecule has 0 fully saturated rings. The van der Waals surface area contributed by atoms with Gasteiger partial charge in [0.15, 0.2) is 9.84 Å². The monoisotopic (exact) mass is 287 g/mol. The summed E-state index contributed by atoms with van der Waals surface area (Å²) in [6.07, 6.45) is 5.26. The minimum atomic E-state index is -3.20. The fourth-order valence-corrected chi connectivity index (χ4v) is 2.38. The highest BCUT2D eigenvalue weighted by Gasteiger charge is 2.27. The average Bonchev–Trinajstić information content (AvgIpc) is 2.36. The van der Waals surface area contributed by atoms with Crippen molar-refractivity contribution in [3.8, 4) is 5.75 Å². The van der Waals surface area contributed by atoms with Crippen LogP contribution in [-0.4, -0.2) is 31.5 Å². The van der Waals surface area contributed by atoms with Gasteiger partial charge in [-0.15, -0.1) is 0 Å². The first-order valence-corrected chi connectivity index (χ1v) is 8.08. The Morgan fingerprint density at radius 2 is 2.16 bits per heavy atom. The average molecular weight is 287 g/mol. The Balaban J connectivity index is 2.99. The van der Waals surface area contributed by atoms with Gasteiger partial charge in [-0.2, -0.15) is 0 Å². The second-order valence-electron chi connectivity index (χ2n) is 4.48. The lowest BCUT2D eigenvalue weighted by Gasteiger charge is -2.22. The van der Waals surface area contributed by atoms with Gasteiger partial charge < -0.3 is 4.74 Å². The molecular formula is C12H21N3O3S. The van der Waals surface area contributed by atoms with Gasteiger partial charge in [-0.1, -0.05) is 6.92 Å². The molecule has 3 N–H and O–H groups in total. The predicted octanol–water partition coefficient (Wildman–Crippen LogP) is 0.808. The molecule has 19 heavy (non-hydrogen) atoms. The molecular weight excluding hydrogens is 266 g/mol. The van der Waals surface area contributed by atoms with Crippen LogP contribution in [0.15, 0.2) is 18.5 Å². The van der Waals surface area contributed by atoms with Gasteiger partial charge in [-0.25, -0.2) is 8.42 Å². The van der Waals surface area contributed by atoms with E-state index in [0.717, 1.165) is 6.42 Å². The molecule has 108 valence electrons. The van der Waals surface area contributed by atoms with Crippen LogP contribution >= 0.6 is 0 Å². The zero-order chi connectivity index (χ0) is 14.5. The van der Waals surface area contributed by atoms with Crippen LogP contribution in [0, 0.1) is 0 Å². The molecule has 1 heterocycles. The van der Waals surface area contributed by atoms with Crippen molar-refractivity contribution in [1.82, 2.24) is 10.4 Å². The fourth-order valence-electron chi connectivity index (χ4n) is 1.65. The molecule has 0 radical (unpaired) electrons. The Hall–Kier alpha value is -1.18. The molecule has 1 aromatic rings. The SMILES string of the molecule is CCCOc1cncc(C(NN)C(C)S(C)(=O)=O)c1. The van der Waals surface area contributed by atoms with Crippen molar-refractivity contribution in [2.45, 2.75) is 31.6 Å². The third-order valence-corrected chi connectivity index (χ3v) is 4.51. The third kappa shape index (κ3) is 4.45. The number of sulfone groups is 1. The summed E-state index contributed by atoms with van der Waals surface area (Å²) in [5, 5.41) is -0.652. The van der Waals surface area contributed by atoms with Gasteiger partial charge in [-0.05, 0) is 25.0 Å². The number of pyridine rings is 1. The zero-order valence-corrected chi connectivity index (χ0v) is 12.3. The predicted molar refractivity (Wildman–Crippen MR) is 74.4 cm³/mol. The maximum absolute atomic E-state index is 11.6. The summed E-state index contributed by atoms with van der Waals surface area (Å²) in [5.74, 6) is 6.08. The van der Waals surface area contributed by atoms with E-state index in [0.29, 0.717) is 17.9 Å². The Morgan fingerprint density at radius 3 is 2.68 bits per heavy atom. The van der Waals surface area contributed by atoms with Gasteiger partial charge in [0, 0.05) is 12.5 Å². The number of nitrogens with zero attached hydrogens (tertiary/aromatic N) is 1. The summed E-state index contributed by atoms with van der Waals surface area (Å²) < 4.78 is 28.7. The van der Waals surface area contributed by atoms with E-state index in [1.807, 2.05) is 6.92 Å². The van der Waals surface area contributed by atoms with Crippen LogP contribution in [-0.2, 0) is 9.84 Å². The highest BCUT2D eigenvalue weighted by Crippen LogP contribution is 2.23. The lowest BCUT2D eigenvalue weighted by atomic mass is 10.1. The first-order valence-electron chi connectivity index (χ1n) is 6.12. The molecule has 0 aliphatic heterocycles. The minimum Gasteiger partial charge on any atom is -0.492 e. The molecule has 2 unspecified atom stereocenters. The number of nitrogens with two attached hydrogens (primary N) is 1. The molecule has 1 aromatic heterocycles. The summed E-state index contributed by atoms with van der Waals surface area (Å²) in [4.78, 5) is 4.06. The van der Waals surface area contributed by atoms with Gasteiger partial charge in [0.25, 0.3) is 0 Å². The van der Waals surface area contributed by atoms with Crippen LogP contribution in [0.4, 0.5) is 0 Å². The highest BCUT2D eigenvalue weighted by molar-refractivity contribution is 7.91. The molecule has 6 nitrogen and oxygen atoms in total. The number of aromatic nitrogens is 1. The number of hydrogen-bond acceptors (Lipinski definition) is 6. The maximum Gasteiger partial charge on any atom is 0.151 e. The number of nitrogens with one attached hydrogen (secondary N) is 1. The second kappa shape index (κ2) is 6.83. The van der Waals surface area contributed by atoms with Gasteiger partial charge in [0.1, 0.15) is 5.75 Å². The Morgan fingerprint density at radius 1 is 1.47 bits per heavy atom. The number of hydrazine groups is 1. The van der Waals surface area contributed by atoms with E-state index in [1.54, 1.807) is 25.4 Å². The van der Waals surface area contributed by atoms with Crippen molar-refractivity contribution in [2.75, 3.05) is 12.9 Å². The molecule has 0 spiro atoms. The van der Waals surface area contributed by atoms with Gasteiger partial charge in [0.05, 0.1) is 24.1 Å². The molecule has 0 amide bonds. The molecule has 2 atom stereocenters. The molecule has 0 saturated heterocycles. The van der Waals surface area contributed by atoms with Gasteiger partial charge in [-0.3, -0.25) is 16.3 Å². The lowest BCUT2D eigenvalue weighted by molar-refractivity contribution is 0.315. The zero-order valence-electron chi connectivity index (χ0n) is 11.5. The molecule has 0 aromatic carbocycles. The standard InChI is InChI=1S/C12H21N3O3S/c1-4-5-18-11-6-10(7-14-8-11)12(15-13)9(2)19(3,16)17/h6-9,12,15H,4-5,13H2,1-3H3. The summed E-state index contributed by atoms with van der Waals surface area (Å²) >= 11 is 0. The van der Waals surface area contributed by atoms with Crippen LogP contribution in [0.25, 0.3) is 0 Å². The normalized spacial score (nSPS) is 14.9. The number of hydrogen-bond donors (Lipinski definition) is 2. The highest BCUT2D eigenvalue weighted by atomic mass is 32.2. The Bertz CT molecular complexity index is 505. The minimum absolute atomic E-state index is 0.521. The molecule has 7 heteroatoms. The van der Waals surface area contributed by atoms with Crippen LogP contribution in [0.1, 0.15) is 31.9 Å². The smallest absolute Gasteiger partial charge is 0.151 e. The molecule has 0 aliphatic carbocycles. The third-order valence-electron chi connectivity index (χ3n) is 2.89. The largest absolute Gasteiger partial charge is 0.492 e. The van der Waals surface area contributed by atoms with Crippen molar-refractivity contribution in [2.24, 2.45) is 5.84 Å². The van der Waals surface area contributed by atoms with Crippen molar-refractivity contribution < 1.29 is 13.2 Å². The van der Waals surface area contributed by atoms with Crippen molar-refractivity contribution >= 4 is 9.84 Å². The van der Waals surface area contributed by atoms with E-state index in [-0.39, 0.29) is 0 Å². The van der Waals surface area contributed by atoms with E-state index >= 15 is 0 Å². The second-order valence-corrected chi connectivity index (χ2v) is 6.88.